The zero-order valence-electron chi connectivity index (χ0n) is 23.9. The minimum atomic E-state index is -1.76. The largest absolute Gasteiger partial charge is 0.480 e. The van der Waals surface area contributed by atoms with Gasteiger partial charge in [-0.25, -0.2) is 4.79 Å². The summed E-state index contributed by atoms with van der Waals surface area (Å²) < 4.78 is 5.14. The monoisotopic (exact) mass is 561 g/mol. The number of nitrogens with one attached hydrogen (secondary N) is 1. The van der Waals surface area contributed by atoms with Crippen molar-refractivity contribution in [1.82, 2.24) is 5.32 Å². The second kappa shape index (κ2) is 11.0. The Hall–Kier alpha value is -2.59. The third-order valence-electron chi connectivity index (χ3n) is 10.7. The van der Waals surface area contributed by atoms with E-state index < -0.39 is 53.4 Å². The lowest BCUT2D eigenvalue weighted by atomic mass is 9.45. The standard InChI is InChI=1S/C30H43NO9/c1-16(2)26(27(37)38)31-23(35)7-8-24(36)40-15-22(34)30(39)12-10-20-19-6-5-17-13-18(32)9-11-28(17,3)25(19)21(33)14-29(20,30)4/h13,16,19-21,25-26,33,39H,5-12,14-15H2,1-4H3,(H,31,35)(H,37,38)/t19-,20-,21+,25+,26-,28-,29-,30-/m0/s1. The highest BCUT2D eigenvalue weighted by Crippen LogP contribution is 2.67. The van der Waals surface area contributed by atoms with Crippen molar-refractivity contribution in [3.05, 3.63) is 11.6 Å². The number of carbonyl (C=O) groups excluding carboxylic acids is 4. The number of aliphatic hydroxyl groups excluding tert-OH is 1. The number of ether oxygens (including phenoxy) is 1. The van der Waals surface area contributed by atoms with Crippen molar-refractivity contribution in [3.8, 4) is 0 Å². The van der Waals surface area contributed by atoms with Crippen molar-refractivity contribution in [2.24, 2.45) is 34.5 Å². The van der Waals surface area contributed by atoms with Crippen LogP contribution in [0.1, 0.15) is 85.5 Å². The quantitative estimate of drug-likeness (QED) is 0.309. The minimum Gasteiger partial charge on any atom is -0.480 e. The Morgan fingerprint density at radius 1 is 1.10 bits per heavy atom. The van der Waals surface area contributed by atoms with E-state index in [0.29, 0.717) is 19.3 Å². The molecule has 10 nitrogen and oxygen atoms in total. The van der Waals surface area contributed by atoms with Gasteiger partial charge < -0.3 is 25.4 Å². The van der Waals surface area contributed by atoms with Gasteiger partial charge in [0.2, 0.25) is 11.7 Å². The molecule has 0 heterocycles. The first-order valence-electron chi connectivity index (χ1n) is 14.5. The van der Waals surface area contributed by atoms with Crippen molar-refractivity contribution in [2.45, 2.75) is 103 Å². The maximum absolute atomic E-state index is 13.4. The van der Waals surface area contributed by atoms with Crippen LogP contribution in [-0.2, 0) is 28.7 Å². The van der Waals surface area contributed by atoms with Crippen LogP contribution in [0.2, 0.25) is 0 Å². The van der Waals surface area contributed by atoms with E-state index in [4.69, 9.17) is 4.74 Å². The number of fused-ring (bicyclic) bond motifs is 5. The number of aliphatic hydroxyl groups is 2. The number of rotatable bonds is 9. The molecule has 8 atom stereocenters. The minimum absolute atomic E-state index is 0.00777. The second-order valence-corrected chi connectivity index (χ2v) is 13.2. The van der Waals surface area contributed by atoms with Crippen molar-refractivity contribution in [2.75, 3.05) is 6.61 Å². The number of carbonyl (C=O) groups is 5. The predicted octanol–water partition coefficient (Wildman–Crippen LogP) is 2.34. The molecule has 0 saturated heterocycles. The van der Waals surface area contributed by atoms with Crippen molar-refractivity contribution in [3.63, 3.8) is 0 Å². The van der Waals surface area contributed by atoms with E-state index in [1.165, 1.54) is 0 Å². The fourth-order valence-electron chi connectivity index (χ4n) is 8.46. The zero-order valence-corrected chi connectivity index (χ0v) is 23.9. The summed E-state index contributed by atoms with van der Waals surface area (Å²) in [5, 5.41) is 34.8. The molecule has 10 heteroatoms. The first kappa shape index (κ1) is 30.4. The molecule has 4 N–H and O–H groups in total. The molecule has 4 aliphatic rings. The second-order valence-electron chi connectivity index (χ2n) is 13.2. The third-order valence-corrected chi connectivity index (χ3v) is 10.7. The molecule has 0 aromatic carbocycles. The van der Waals surface area contributed by atoms with E-state index in [-0.39, 0.29) is 60.6 Å². The Morgan fingerprint density at radius 3 is 2.45 bits per heavy atom. The number of ketones is 2. The van der Waals surface area contributed by atoms with E-state index in [9.17, 15) is 39.3 Å². The normalized spacial score (nSPS) is 37.5. The first-order chi connectivity index (χ1) is 18.6. The van der Waals surface area contributed by atoms with Gasteiger partial charge in [-0.1, -0.05) is 33.3 Å². The van der Waals surface area contributed by atoms with Gasteiger partial charge in [-0.15, -0.1) is 0 Å². The highest BCUT2D eigenvalue weighted by atomic mass is 16.5. The molecule has 40 heavy (non-hydrogen) atoms. The van der Waals surface area contributed by atoms with Gasteiger partial charge in [-0.05, 0) is 73.7 Å². The van der Waals surface area contributed by atoms with Crippen molar-refractivity contribution in [1.29, 1.82) is 0 Å². The molecule has 0 aromatic heterocycles. The first-order valence-corrected chi connectivity index (χ1v) is 14.5. The molecule has 1 amide bonds. The molecule has 222 valence electrons. The summed E-state index contributed by atoms with van der Waals surface area (Å²) in [4.78, 5) is 61.1. The highest BCUT2D eigenvalue weighted by Gasteiger charge is 2.68. The number of allylic oxidation sites excluding steroid dienone is 1. The molecule has 0 radical (unpaired) electrons. The Morgan fingerprint density at radius 2 is 1.80 bits per heavy atom. The van der Waals surface area contributed by atoms with Crippen LogP contribution >= 0.6 is 0 Å². The average Bonchev–Trinajstić information content (AvgIpc) is 3.15. The molecular weight excluding hydrogens is 518 g/mol. The molecule has 0 bridgehead atoms. The van der Waals surface area contributed by atoms with Crippen molar-refractivity contribution >= 4 is 29.4 Å². The third kappa shape index (κ3) is 5.13. The topological polar surface area (TPSA) is 167 Å². The number of amides is 1. The van der Waals surface area contributed by atoms with Crippen LogP contribution in [0.4, 0.5) is 0 Å². The number of Topliss-reactive ketones (excluding diaryl/α,β-unsaturated/α-hetero) is 1. The molecule has 3 saturated carbocycles. The Kier molecular flexibility index (Phi) is 8.36. The number of carboxylic acid groups (broad SMARTS) is 1. The van der Waals surface area contributed by atoms with E-state index in [2.05, 4.69) is 12.2 Å². The number of aliphatic carboxylic acids is 1. The number of carboxylic acids is 1. The van der Waals surface area contributed by atoms with Crippen LogP contribution < -0.4 is 5.32 Å². The maximum Gasteiger partial charge on any atom is 0.326 e. The van der Waals surface area contributed by atoms with Gasteiger partial charge >= 0.3 is 11.9 Å². The van der Waals surface area contributed by atoms with Crippen LogP contribution in [0.15, 0.2) is 11.6 Å². The Bertz CT molecular complexity index is 1110. The van der Waals surface area contributed by atoms with Gasteiger partial charge in [0.05, 0.1) is 12.5 Å². The lowest BCUT2D eigenvalue weighted by Gasteiger charge is -2.60. The smallest absolute Gasteiger partial charge is 0.326 e. The molecule has 4 aliphatic carbocycles. The molecule has 4 rings (SSSR count). The van der Waals surface area contributed by atoms with Crippen LogP contribution in [0.5, 0.6) is 0 Å². The molecule has 0 spiro atoms. The summed E-state index contributed by atoms with van der Waals surface area (Å²) in [5.41, 5.74) is -1.81. The summed E-state index contributed by atoms with van der Waals surface area (Å²) >= 11 is 0. The van der Waals surface area contributed by atoms with Gasteiger partial charge in [0, 0.05) is 18.3 Å². The summed E-state index contributed by atoms with van der Waals surface area (Å²) in [6.07, 6.45) is 4.20. The van der Waals surface area contributed by atoms with E-state index >= 15 is 0 Å². The van der Waals surface area contributed by atoms with E-state index in [1.807, 2.05) is 6.92 Å². The number of hydrogen-bond donors (Lipinski definition) is 4. The van der Waals surface area contributed by atoms with Crippen molar-refractivity contribution < 1.29 is 44.0 Å². The van der Waals surface area contributed by atoms with Gasteiger partial charge in [-0.3, -0.25) is 19.2 Å². The fraction of sp³-hybridized carbons (Fsp3) is 0.767. The van der Waals surface area contributed by atoms with Crippen LogP contribution in [0, 0.1) is 34.5 Å². The zero-order chi connectivity index (χ0) is 29.6. The maximum atomic E-state index is 13.4. The molecule has 3 fully saturated rings. The summed E-state index contributed by atoms with van der Waals surface area (Å²) in [6, 6.07) is -1.07. The molecule has 0 aromatic rings. The average molecular weight is 562 g/mol. The molecular formula is C30H43NO9. The SMILES string of the molecule is CC(C)[C@H](NC(=O)CCC(=O)OCC(=O)[C@@]1(O)CC[C@H]2[C@@H]3CCC4=CC(=O)CC[C@]4(C)[C@H]3[C@H](O)C[C@@]21C)C(=O)O. The van der Waals surface area contributed by atoms with E-state index in [1.54, 1.807) is 19.9 Å². The summed E-state index contributed by atoms with van der Waals surface area (Å²) in [5.74, 6) is -3.31. The van der Waals surface area contributed by atoms with Gasteiger partial charge in [-0.2, -0.15) is 0 Å². The van der Waals surface area contributed by atoms with Gasteiger partial charge in [0.1, 0.15) is 11.6 Å². The molecule has 0 aliphatic heterocycles. The molecule has 0 unspecified atom stereocenters. The lowest BCUT2D eigenvalue weighted by molar-refractivity contribution is -0.184. The summed E-state index contributed by atoms with van der Waals surface area (Å²) in [7, 11) is 0. The van der Waals surface area contributed by atoms with E-state index in [0.717, 1.165) is 18.4 Å². The van der Waals surface area contributed by atoms with Crippen LogP contribution in [0.3, 0.4) is 0 Å². The number of esters is 1. The van der Waals surface area contributed by atoms with Crippen LogP contribution in [0.25, 0.3) is 0 Å². The Balaban J connectivity index is 1.38. The van der Waals surface area contributed by atoms with Gasteiger partial charge in [0.25, 0.3) is 0 Å². The van der Waals surface area contributed by atoms with Gasteiger partial charge in [0.15, 0.2) is 12.4 Å². The summed E-state index contributed by atoms with van der Waals surface area (Å²) in [6.45, 7) is 6.68. The fourth-order valence-corrected chi connectivity index (χ4v) is 8.46. The predicted molar refractivity (Wildman–Crippen MR) is 143 cm³/mol. The number of hydrogen-bond acceptors (Lipinski definition) is 8. The lowest BCUT2D eigenvalue weighted by Crippen LogP contribution is -2.62. The van der Waals surface area contributed by atoms with Crippen LogP contribution in [-0.4, -0.2) is 69.1 Å². The Labute approximate surface area is 234 Å². The highest BCUT2D eigenvalue weighted by molar-refractivity contribution is 5.92.